The monoisotopic (exact) mass is 212 g/mol. The fourth-order valence-electron chi connectivity index (χ4n) is 0.462. The third-order valence-corrected chi connectivity index (χ3v) is 11.0. The fraction of sp³-hybridized carbons (Fsp3) is 0.500. The summed E-state index contributed by atoms with van der Waals surface area (Å²) in [6, 6.07) is 0. The summed E-state index contributed by atoms with van der Waals surface area (Å²) in [4.78, 5) is 0. The van der Waals surface area contributed by atoms with Gasteiger partial charge in [0.1, 0.15) is 3.64 Å². The maximum atomic E-state index is 5.21. The highest BCUT2D eigenvalue weighted by atomic mass is 33.5. The van der Waals surface area contributed by atoms with E-state index in [4.69, 9.17) is 18.2 Å². The van der Waals surface area contributed by atoms with Gasteiger partial charge < -0.3 is 0 Å². The molecule has 2 atom stereocenters. The predicted molar refractivity (Wildman–Crippen MR) is 55.9 cm³/mol. The van der Waals surface area contributed by atoms with Crippen molar-refractivity contribution >= 4 is 50.5 Å². The van der Waals surface area contributed by atoms with Crippen LogP contribution in [0.25, 0.3) is 0 Å². The Labute approximate surface area is 73.6 Å². The summed E-state index contributed by atoms with van der Waals surface area (Å²) in [7, 11) is 0. The summed E-state index contributed by atoms with van der Waals surface area (Å²) in [6.45, 7) is 0. The van der Waals surface area contributed by atoms with Crippen LogP contribution in [0.3, 0.4) is 0 Å². The normalized spacial score (nSPS) is 42.4. The SMILES string of the molecule is C#CC1CSP(=S)(S)S1. The van der Waals surface area contributed by atoms with Crippen LogP contribution in [0.2, 0.25) is 0 Å². The molecule has 0 N–H and O–H groups in total. The van der Waals surface area contributed by atoms with Crippen molar-refractivity contribution in [1.29, 1.82) is 0 Å². The minimum absolute atomic E-state index is 0.318. The molecule has 9 heavy (non-hydrogen) atoms. The molecule has 5 heteroatoms. The van der Waals surface area contributed by atoms with Crippen LogP contribution in [0.1, 0.15) is 0 Å². The average molecular weight is 212 g/mol. The van der Waals surface area contributed by atoms with Gasteiger partial charge in [-0.05, 0) is 0 Å². The molecule has 0 radical (unpaired) electrons. The van der Waals surface area contributed by atoms with Gasteiger partial charge in [-0.2, -0.15) is 0 Å². The van der Waals surface area contributed by atoms with Gasteiger partial charge in [0.2, 0.25) is 0 Å². The first-order valence-corrected chi connectivity index (χ1v) is 9.29. The quantitative estimate of drug-likeness (QED) is 0.373. The zero-order chi connectivity index (χ0) is 6.91. The number of rotatable bonds is 0. The number of hydrogen-bond acceptors (Lipinski definition) is 3. The molecule has 0 amide bonds. The lowest BCUT2D eigenvalue weighted by Gasteiger charge is -2.00. The zero-order valence-electron chi connectivity index (χ0n) is 4.48. The Kier molecular flexibility index (Phi) is 2.89. The van der Waals surface area contributed by atoms with Gasteiger partial charge in [0, 0.05) is 5.75 Å². The molecule has 1 fully saturated rings. The summed E-state index contributed by atoms with van der Waals surface area (Å²) < 4.78 is -1.40. The predicted octanol–water partition coefficient (Wildman–Crippen LogP) is 2.62. The van der Waals surface area contributed by atoms with E-state index < -0.39 is 3.64 Å². The third kappa shape index (κ3) is 2.40. The largest absolute Gasteiger partial charge is 0.121 e. The van der Waals surface area contributed by atoms with E-state index >= 15 is 0 Å². The first kappa shape index (κ1) is 8.36. The molecule has 50 valence electrons. The molecular weight excluding hydrogens is 207 g/mol. The highest BCUT2D eigenvalue weighted by Crippen LogP contribution is 2.78. The molecule has 0 aliphatic carbocycles. The average Bonchev–Trinajstić information content (AvgIpc) is 2.10. The van der Waals surface area contributed by atoms with Crippen molar-refractivity contribution in [2.24, 2.45) is 0 Å². The van der Waals surface area contributed by atoms with Crippen molar-refractivity contribution in [3.8, 4) is 12.3 Å². The van der Waals surface area contributed by atoms with Crippen molar-refractivity contribution in [2.75, 3.05) is 5.75 Å². The van der Waals surface area contributed by atoms with Gasteiger partial charge in [-0.1, -0.05) is 29.1 Å². The van der Waals surface area contributed by atoms with E-state index in [2.05, 4.69) is 18.2 Å². The molecule has 0 spiro atoms. The maximum Gasteiger partial charge on any atom is 0.107 e. The van der Waals surface area contributed by atoms with Gasteiger partial charge in [0.25, 0.3) is 0 Å². The molecule has 1 aliphatic rings. The minimum atomic E-state index is -1.40. The molecule has 0 aromatic rings. The van der Waals surface area contributed by atoms with Crippen LogP contribution in [0, 0.1) is 12.3 Å². The Hall–Kier alpha value is 1.26. The Morgan fingerprint density at radius 1 is 1.89 bits per heavy atom. The van der Waals surface area contributed by atoms with Crippen LogP contribution < -0.4 is 0 Å². The Morgan fingerprint density at radius 2 is 2.56 bits per heavy atom. The van der Waals surface area contributed by atoms with Crippen LogP contribution >= 0.6 is 38.7 Å². The van der Waals surface area contributed by atoms with E-state index in [0.29, 0.717) is 5.25 Å². The molecular formula is C4H5PS4. The second kappa shape index (κ2) is 3.11. The number of terminal acetylenes is 1. The Morgan fingerprint density at radius 3 is 2.78 bits per heavy atom. The fourth-order valence-corrected chi connectivity index (χ4v) is 10.1. The van der Waals surface area contributed by atoms with Gasteiger partial charge in [0.05, 0.1) is 5.25 Å². The first-order valence-electron chi connectivity index (χ1n) is 2.26. The second-order valence-electron chi connectivity index (χ2n) is 1.53. The Bertz CT molecular complexity index is 193. The Balaban J connectivity index is 2.60. The van der Waals surface area contributed by atoms with Gasteiger partial charge in [-0.15, -0.1) is 30.1 Å². The van der Waals surface area contributed by atoms with Crippen molar-refractivity contribution in [1.82, 2.24) is 0 Å². The van der Waals surface area contributed by atoms with Crippen LogP contribution in [-0.4, -0.2) is 11.0 Å². The van der Waals surface area contributed by atoms with Crippen molar-refractivity contribution in [3.63, 3.8) is 0 Å². The minimum Gasteiger partial charge on any atom is -0.121 e. The number of thiol groups is 1. The van der Waals surface area contributed by atoms with Crippen LogP contribution in [0.15, 0.2) is 0 Å². The second-order valence-corrected chi connectivity index (χ2v) is 16.5. The van der Waals surface area contributed by atoms with Crippen molar-refractivity contribution < 1.29 is 0 Å². The topological polar surface area (TPSA) is 0 Å². The van der Waals surface area contributed by atoms with Crippen LogP contribution in [0.4, 0.5) is 0 Å². The molecule has 0 bridgehead atoms. The lowest BCUT2D eigenvalue weighted by molar-refractivity contribution is 1.35. The molecule has 2 unspecified atom stereocenters. The lowest BCUT2D eigenvalue weighted by atomic mass is 10.5. The van der Waals surface area contributed by atoms with Crippen molar-refractivity contribution in [3.05, 3.63) is 0 Å². The van der Waals surface area contributed by atoms with Gasteiger partial charge in [-0.25, -0.2) is 0 Å². The van der Waals surface area contributed by atoms with E-state index in [1.807, 2.05) is 0 Å². The standard InChI is InChI=1S/C4H5PS4/c1-2-4-3-8-5(6,7)9-4/h1,4H,3H2,(H,6,7). The van der Waals surface area contributed by atoms with Crippen LogP contribution in [-0.2, 0) is 11.8 Å². The van der Waals surface area contributed by atoms with E-state index in [-0.39, 0.29) is 0 Å². The molecule has 1 rings (SSSR count). The maximum absolute atomic E-state index is 5.21. The highest BCUT2D eigenvalue weighted by Gasteiger charge is 2.27. The molecule has 0 nitrogen and oxygen atoms in total. The van der Waals surface area contributed by atoms with Gasteiger partial charge in [-0.3, -0.25) is 0 Å². The zero-order valence-corrected chi connectivity index (χ0v) is 8.72. The molecule has 1 saturated heterocycles. The first-order chi connectivity index (χ1) is 4.14. The summed E-state index contributed by atoms with van der Waals surface area (Å²) in [6.07, 6.45) is 5.21. The summed E-state index contributed by atoms with van der Waals surface area (Å²) in [5.74, 6) is 3.66. The van der Waals surface area contributed by atoms with Gasteiger partial charge >= 0.3 is 0 Å². The van der Waals surface area contributed by atoms with Crippen molar-refractivity contribution in [2.45, 2.75) is 5.25 Å². The van der Waals surface area contributed by atoms with E-state index in [0.717, 1.165) is 5.75 Å². The summed E-state index contributed by atoms with van der Waals surface area (Å²) in [5, 5.41) is 0.318. The molecule has 1 heterocycles. The molecule has 0 saturated carbocycles. The molecule has 0 aromatic heterocycles. The molecule has 0 aromatic carbocycles. The van der Waals surface area contributed by atoms with Crippen LogP contribution in [0.5, 0.6) is 0 Å². The van der Waals surface area contributed by atoms with E-state index in [1.165, 1.54) is 0 Å². The molecule has 1 aliphatic heterocycles. The number of hydrogen-bond donors (Lipinski definition) is 1. The van der Waals surface area contributed by atoms with E-state index in [1.54, 1.807) is 22.8 Å². The summed E-state index contributed by atoms with van der Waals surface area (Å²) in [5.41, 5.74) is 0. The summed E-state index contributed by atoms with van der Waals surface area (Å²) >= 11 is 12.9. The van der Waals surface area contributed by atoms with Gasteiger partial charge in [0.15, 0.2) is 0 Å². The third-order valence-electron chi connectivity index (χ3n) is 0.835. The van der Waals surface area contributed by atoms with E-state index in [9.17, 15) is 0 Å². The highest BCUT2D eigenvalue weighted by molar-refractivity contribution is 9.21. The smallest absolute Gasteiger partial charge is 0.107 e. The lowest BCUT2D eigenvalue weighted by Crippen LogP contribution is -1.92.